The van der Waals surface area contributed by atoms with Crippen LogP contribution in [0.2, 0.25) is 0 Å². The number of nitrogens with one attached hydrogen (secondary N) is 1. The van der Waals surface area contributed by atoms with Crippen LogP contribution in [-0.2, 0) is 6.54 Å². The zero-order valence-electron chi connectivity index (χ0n) is 10.1. The highest BCUT2D eigenvalue weighted by Crippen LogP contribution is 2.22. The molecule has 5 nitrogen and oxygen atoms in total. The molecule has 0 aliphatic rings. The fraction of sp³-hybridized carbons (Fsp3) is 0.154. The van der Waals surface area contributed by atoms with Gasteiger partial charge in [-0.05, 0) is 18.2 Å². The lowest BCUT2D eigenvalue weighted by Crippen LogP contribution is -1.99. The van der Waals surface area contributed by atoms with Crippen molar-refractivity contribution in [3.63, 3.8) is 0 Å². The van der Waals surface area contributed by atoms with Crippen LogP contribution in [0.25, 0.3) is 0 Å². The smallest absolute Gasteiger partial charge is 0.338 e. The van der Waals surface area contributed by atoms with Gasteiger partial charge < -0.3 is 19.6 Å². The standard InChI is InChI=1S/C13H12FNO4/c1-18-12-5-9(2-3-11(12)14)15-6-10-4-8(7-19-10)13(16)17/h2-5,7,15H,6H2,1H3,(H,16,17). The van der Waals surface area contributed by atoms with Gasteiger partial charge in [-0.15, -0.1) is 0 Å². The van der Waals surface area contributed by atoms with Crippen LogP contribution in [0.3, 0.4) is 0 Å². The number of benzene rings is 1. The number of halogens is 1. The molecule has 0 aliphatic heterocycles. The Morgan fingerprint density at radius 1 is 1.47 bits per heavy atom. The summed E-state index contributed by atoms with van der Waals surface area (Å²) in [7, 11) is 1.38. The minimum atomic E-state index is -1.04. The summed E-state index contributed by atoms with van der Waals surface area (Å²) in [4.78, 5) is 10.7. The zero-order valence-corrected chi connectivity index (χ0v) is 10.1. The average molecular weight is 265 g/mol. The second-order valence-corrected chi connectivity index (χ2v) is 3.81. The van der Waals surface area contributed by atoms with Gasteiger partial charge in [0.15, 0.2) is 11.6 Å². The molecule has 0 atom stereocenters. The molecule has 100 valence electrons. The molecule has 2 N–H and O–H groups in total. The lowest BCUT2D eigenvalue weighted by Gasteiger charge is -2.07. The predicted octanol–water partition coefficient (Wildman–Crippen LogP) is 2.74. The molecular weight excluding hydrogens is 253 g/mol. The number of aromatic carboxylic acids is 1. The Kier molecular flexibility index (Phi) is 3.70. The van der Waals surface area contributed by atoms with Gasteiger partial charge in [-0.3, -0.25) is 0 Å². The third-order valence-electron chi connectivity index (χ3n) is 2.52. The molecule has 0 radical (unpaired) electrons. The van der Waals surface area contributed by atoms with Crippen LogP contribution >= 0.6 is 0 Å². The highest BCUT2D eigenvalue weighted by atomic mass is 19.1. The van der Waals surface area contributed by atoms with E-state index in [9.17, 15) is 9.18 Å². The minimum Gasteiger partial charge on any atom is -0.494 e. The molecule has 0 spiro atoms. The van der Waals surface area contributed by atoms with Crippen LogP contribution < -0.4 is 10.1 Å². The molecule has 2 aromatic rings. The summed E-state index contributed by atoms with van der Waals surface area (Å²) in [5, 5.41) is 11.7. The van der Waals surface area contributed by atoms with Gasteiger partial charge >= 0.3 is 5.97 Å². The highest BCUT2D eigenvalue weighted by molar-refractivity contribution is 5.87. The minimum absolute atomic E-state index is 0.0912. The first-order chi connectivity index (χ1) is 9.10. The molecule has 1 aromatic heterocycles. The molecule has 19 heavy (non-hydrogen) atoms. The number of furan rings is 1. The normalized spacial score (nSPS) is 10.2. The monoisotopic (exact) mass is 265 g/mol. The molecule has 2 rings (SSSR count). The summed E-state index contributed by atoms with van der Waals surface area (Å²) in [5.74, 6) is -0.881. The van der Waals surface area contributed by atoms with E-state index in [1.54, 1.807) is 6.07 Å². The predicted molar refractivity (Wildman–Crippen MR) is 65.9 cm³/mol. The topological polar surface area (TPSA) is 71.7 Å². The van der Waals surface area contributed by atoms with E-state index in [0.717, 1.165) is 0 Å². The number of methoxy groups -OCH3 is 1. The van der Waals surface area contributed by atoms with Gasteiger partial charge in [-0.1, -0.05) is 0 Å². The summed E-state index contributed by atoms with van der Waals surface area (Å²) in [6, 6.07) is 5.78. The molecule has 0 saturated heterocycles. The van der Waals surface area contributed by atoms with Crippen molar-refractivity contribution in [3.05, 3.63) is 47.7 Å². The van der Waals surface area contributed by atoms with E-state index in [0.29, 0.717) is 18.0 Å². The molecule has 0 fully saturated rings. The molecule has 0 amide bonds. The molecular formula is C13H12FNO4. The molecule has 0 saturated carbocycles. The zero-order chi connectivity index (χ0) is 13.8. The van der Waals surface area contributed by atoms with Gasteiger partial charge in [0.25, 0.3) is 0 Å². The number of carboxylic acids is 1. The maximum Gasteiger partial charge on any atom is 0.338 e. The molecule has 1 heterocycles. The fourth-order valence-corrected chi connectivity index (χ4v) is 1.54. The lowest BCUT2D eigenvalue weighted by molar-refractivity contribution is 0.0696. The van der Waals surface area contributed by atoms with E-state index < -0.39 is 11.8 Å². The first kappa shape index (κ1) is 12.9. The molecule has 0 unspecified atom stereocenters. The summed E-state index contributed by atoms with van der Waals surface area (Å²) in [5.41, 5.74) is 0.736. The fourth-order valence-electron chi connectivity index (χ4n) is 1.54. The van der Waals surface area contributed by atoms with Gasteiger partial charge in [0.1, 0.15) is 12.0 Å². The van der Waals surface area contributed by atoms with Crippen LogP contribution in [0, 0.1) is 5.82 Å². The first-order valence-corrected chi connectivity index (χ1v) is 5.48. The number of carboxylic acid groups (broad SMARTS) is 1. The average Bonchev–Trinajstić information content (AvgIpc) is 2.87. The number of rotatable bonds is 5. The van der Waals surface area contributed by atoms with Crippen LogP contribution in [0.5, 0.6) is 5.75 Å². The van der Waals surface area contributed by atoms with Crippen molar-refractivity contribution < 1.29 is 23.4 Å². The van der Waals surface area contributed by atoms with Gasteiger partial charge in [-0.2, -0.15) is 0 Å². The first-order valence-electron chi connectivity index (χ1n) is 5.48. The SMILES string of the molecule is COc1cc(NCc2cc(C(=O)O)co2)ccc1F. The number of carbonyl (C=O) groups is 1. The Morgan fingerprint density at radius 2 is 2.26 bits per heavy atom. The van der Waals surface area contributed by atoms with Crippen molar-refractivity contribution >= 4 is 11.7 Å². The van der Waals surface area contributed by atoms with Gasteiger partial charge in [0.2, 0.25) is 0 Å². The Balaban J connectivity index is 2.03. The van der Waals surface area contributed by atoms with E-state index in [1.165, 1.54) is 31.6 Å². The third kappa shape index (κ3) is 3.04. The highest BCUT2D eigenvalue weighted by Gasteiger charge is 2.08. The summed E-state index contributed by atoms with van der Waals surface area (Å²) < 4.78 is 23.1. The van der Waals surface area contributed by atoms with Crippen LogP contribution in [0.15, 0.2) is 34.9 Å². The maximum atomic E-state index is 13.2. The summed E-state index contributed by atoms with van der Waals surface area (Å²) in [6.07, 6.45) is 1.17. The Labute approximate surface area is 108 Å². The van der Waals surface area contributed by atoms with Gasteiger partial charge in [0, 0.05) is 11.8 Å². The van der Waals surface area contributed by atoms with Crippen molar-refractivity contribution in [1.29, 1.82) is 0 Å². The Hall–Kier alpha value is -2.50. The van der Waals surface area contributed by atoms with Crippen molar-refractivity contribution in [2.45, 2.75) is 6.54 Å². The van der Waals surface area contributed by atoms with E-state index in [4.69, 9.17) is 14.3 Å². The van der Waals surface area contributed by atoms with E-state index in [2.05, 4.69) is 5.32 Å². The summed E-state index contributed by atoms with van der Waals surface area (Å²) in [6.45, 7) is 0.294. The van der Waals surface area contributed by atoms with Crippen molar-refractivity contribution in [2.75, 3.05) is 12.4 Å². The molecule has 1 aromatic carbocycles. The number of hydrogen-bond donors (Lipinski definition) is 2. The molecule has 0 aliphatic carbocycles. The van der Waals surface area contributed by atoms with Crippen LogP contribution in [0.4, 0.5) is 10.1 Å². The van der Waals surface area contributed by atoms with Gasteiger partial charge in [-0.25, -0.2) is 9.18 Å². The van der Waals surface area contributed by atoms with Crippen LogP contribution in [-0.4, -0.2) is 18.2 Å². The van der Waals surface area contributed by atoms with Gasteiger partial charge in [0.05, 0.1) is 19.2 Å². The second-order valence-electron chi connectivity index (χ2n) is 3.81. The summed E-state index contributed by atoms with van der Waals surface area (Å²) >= 11 is 0. The lowest BCUT2D eigenvalue weighted by atomic mass is 10.2. The maximum absolute atomic E-state index is 13.2. The third-order valence-corrected chi connectivity index (χ3v) is 2.52. The second kappa shape index (κ2) is 5.43. The van der Waals surface area contributed by atoms with Crippen molar-refractivity contribution in [3.8, 4) is 5.75 Å². The number of ether oxygens (including phenoxy) is 1. The largest absolute Gasteiger partial charge is 0.494 e. The van der Waals surface area contributed by atoms with Crippen molar-refractivity contribution in [2.24, 2.45) is 0 Å². The Morgan fingerprint density at radius 3 is 2.89 bits per heavy atom. The van der Waals surface area contributed by atoms with Crippen molar-refractivity contribution in [1.82, 2.24) is 0 Å². The molecule has 6 heteroatoms. The number of hydrogen-bond acceptors (Lipinski definition) is 4. The quantitative estimate of drug-likeness (QED) is 0.869. The number of anilines is 1. The Bertz CT molecular complexity index is 594. The van der Waals surface area contributed by atoms with Crippen LogP contribution in [0.1, 0.15) is 16.1 Å². The molecule has 0 bridgehead atoms. The van der Waals surface area contributed by atoms with E-state index in [-0.39, 0.29) is 11.3 Å². The van der Waals surface area contributed by atoms with E-state index >= 15 is 0 Å². The van der Waals surface area contributed by atoms with E-state index in [1.807, 2.05) is 0 Å².